The third-order valence-electron chi connectivity index (χ3n) is 3.30. The molecule has 3 aromatic rings. The molecular weight excluding hydrogens is 306 g/mol. The minimum Gasteiger partial charge on any atom is -0.348 e. The van der Waals surface area contributed by atoms with Gasteiger partial charge in [-0.05, 0) is 47.3 Å². The van der Waals surface area contributed by atoms with E-state index in [2.05, 4.69) is 10.3 Å². The van der Waals surface area contributed by atoms with Crippen LogP contribution < -0.4 is 5.32 Å². The van der Waals surface area contributed by atoms with E-state index < -0.39 is 0 Å². The van der Waals surface area contributed by atoms with E-state index in [1.54, 1.807) is 41.8 Å². The SMILES string of the molecule is N#Cc1cccc(C(=O)NCc2ccnc(-c3cccs3)c2)c1. The lowest BCUT2D eigenvalue weighted by atomic mass is 10.1. The maximum absolute atomic E-state index is 12.2. The first kappa shape index (κ1) is 14.9. The number of amides is 1. The van der Waals surface area contributed by atoms with Gasteiger partial charge in [0.1, 0.15) is 0 Å². The van der Waals surface area contributed by atoms with E-state index in [0.29, 0.717) is 17.7 Å². The molecule has 4 nitrogen and oxygen atoms in total. The van der Waals surface area contributed by atoms with Gasteiger partial charge < -0.3 is 5.32 Å². The molecule has 112 valence electrons. The van der Waals surface area contributed by atoms with E-state index in [-0.39, 0.29) is 5.91 Å². The fourth-order valence-corrected chi connectivity index (χ4v) is 2.85. The fraction of sp³-hybridized carbons (Fsp3) is 0.0556. The van der Waals surface area contributed by atoms with Gasteiger partial charge in [0.2, 0.25) is 0 Å². The molecule has 5 heteroatoms. The van der Waals surface area contributed by atoms with Crippen LogP contribution in [0.3, 0.4) is 0 Å². The lowest BCUT2D eigenvalue weighted by molar-refractivity contribution is 0.0951. The highest BCUT2D eigenvalue weighted by molar-refractivity contribution is 7.13. The van der Waals surface area contributed by atoms with Gasteiger partial charge in [0.15, 0.2) is 0 Å². The summed E-state index contributed by atoms with van der Waals surface area (Å²) >= 11 is 1.63. The van der Waals surface area contributed by atoms with Crippen LogP contribution in [0.15, 0.2) is 60.1 Å². The van der Waals surface area contributed by atoms with Crippen LogP contribution >= 0.6 is 11.3 Å². The Morgan fingerprint density at radius 2 is 2.13 bits per heavy atom. The van der Waals surface area contributed by atoms with Gasteiger partial charge in [0.25, 0.3) is 5.91 Å². The topological polar surface area (TPSA) is 65.8 Å². The first-order chi connectivity index (χ1) is 11.3. The number of benzene rings is 1. The van der Waals surface area contributed by atoms with Crippen molar-refractivity contribution >= 4 is 17.2 Å². The molecular formula is C18H13N3OS. The molecule has 1 N–H and O–H groups in total. The summed E-state index contributed by atoms with van der Waals surface area (Å²) in [5, 5.41) is 13.8. The van der Waals surface area contributed by atoms with Gasteiger partial charge in [-0.2, -0.15) is 5.26 Å². The second-order valence-electron chi connectivity index (χ2n) is 4.90. The van der Waals surface area contributed by atoms with Crippen LogP contribution in [0.5, 0.6) is 0 Å². The number of carbonyl (C=O) groups is 1. The quantitative estimate of drug-likeness (QED) is 0.799. The smallest absolute Gasteiger partial charge is 0.251 e. The molecule has 0 atom stereocenters. The molecule has 2 aromatic heterocycles. The zero-order valence-corrected chi connectivity index (χ0v) is 13.0. The highest BCUT2D eigenvalue weighted by atomic mass is 32.1. The van der Waals surface area contributed by atoms with Crippen LogP contribution in [0.4, 0.5) is 0 Å². The Kier molecular flexibility index (Phi) is 4.46. The monoisotopic (exact) mass is 319 g/mol. The lowest BCUT2D eigenvalue weighted by Gasteiger charge is -2.07. The van der Waals surface area contributed by atoms with Gasteiger partial charge in [0.05, 0.1) is 22.2 Å². The van der Waals surface area contributed by atoms with E-state index in [1.165, 1.54) is 0 Å². The molecule has 0 spiro atoms. The maximum Gasteiger partial charge on any atom is 0.251 e. The van der Waals surface area contributed by atoms with Crippen molar-refractivity contribution in [2.75, 3.05) is 0 Å². The van der Waals surface area contributed by atoms with Gasteiger partial charge in [-0.1, -0.05) is 12.1 Å². The number of nitriles is 1. The second-order valence-corrected chi connectivity index (χ2v) is 5.85. The first-order valence-corrected chi connectivity index (χ1v) is 7.91. The van der Waals surface area contributed by atoms with E-state index in [4.69, 9.17) is 5.26 Å². The number of rotatable bonds is 4. The molecule has 0 saturated carbocycles. The van der Waals surface area contributed by atoms with Crippen LogP contribution in [0.1, 0.15) is 21.5 Å². The van der Waals surface area contributed by atoms with Gasteiger partial charge in [0, 0.05) is 18.3 Å². The highest BCUT2D eigenvalue weighted by Crippen LogP contribution is 2.22. The van der Waals surface area contributed by atoms with Gasteiger partial charge >= 0.3 is 0 Å². The molecule has 0 aliphatic carbocycles. The summed E-state index contributed by atoms with van der Waals surface area (Å²) in [5.41, 5.74) is 2.84. The number of carbonyl (C=O) groups excluding carboxylic acids is 1. The van der Waals surface area contributed by atoms with Gasteiger partial charge in [-0.25, -0.2) is 0 Å². The van der Waals surface area contributed by atoms with Crippen LogP contribution in [0, 0.1) is 11.3 Å². The summed E-state index contributed by atoms with van der Waals surface area (Å²) in [6, 6.07) is 16.5. The Bertz CT molecular complexity index is 866. The molecule has 0 fully saturated rings. The van der Waals surface area contributed by atoms with Crippen LogP contribution in [-0.2, 0) is 6.54 Å². The molecule has 0 radical (unpaired) electrons. The van der Waals surface area contributed by atoms with E-state index >= 15 is 0 Å². The Hall–Kier alpha value is -2.97. The van der Waals surface area contributed by atoms with Crippen LogP contribution in [0.2, 0.25) is 0 Å². The van der Waals surface area contributed by atoms with E-state index in [0.717, 1.165) is 16.1 Å². The van der Waals surface area contributed by atoms with Crippen molar-refractivity contribution in [2.45, 2.75) is 6.54 Å². The predicted molar refractivity (Wildman–Crippen MR) is 89.9 cm³/mol. The van der Waals surface area contributed by atoms with Gasteiger partial charge in [-0.3, -0.25) is 9.78 Å². The van der Waals surface area contributed by atoms with E-state index in [1.807, 2.05) is 35.7 Å². The number of nitrogens with one attached hydrogen (secondary N) is 1. The molecule has 0 unspecified atom stereocenters. The van der Waals surface area contributed by atoms with Crippen LogP contribution in [-0.4, -0.2) is 10.9 Å². The fourth-order valence-electron chi connectivity index (χ4n) is 2.16. The largest absolute Gasteiger partial charge is 0.348 e. The lowest BCUT2D eigenvalue weighted by Crippen LogP contribution is -2.22. The molecule has 0 aliphatic heterocycles. The summed E-state index contributed by atoms with van der Waals surface area (Å²) in [6.45, 7) is 0.413. The zero-order valence-electron chi connectivity index (χ0n) is 12.2. The first-order valence-electron chi connectivity index (χ1n) is 7.03. The minimum absolute atomic E-state index is 0.198. The molecule has 23 heavy (non-hydrogen) atoms. The number of hydrogen-bond donors (Lipinski definition) is 1. The molecule has 0 aliphatic rings. The van der Waals surface area contributed by atoms with Crippen LogP contribution in [0.25, 0.3) is 10.6 Å². The summed E-state index contributed by atoms with van der Waals surface area (Å²) in [6.07, 6.45) is 1.74. The third kappa shape index (κ3) is 3.62. The zero-order chi connectivity index (χ0) is 16.1. The minimum atomic E-state index is -0.198. The van der Waals surface area contributed by atoms with Crippen molar-refractivity contribution in [3.05, 3.63) is 76.8 Å². The summed E-state index contributed by atoms with van der Waals surface area (Å²) in [4.78, 5) is 17.6. The van der Waals surface area contributed by atoms with Crippen molar-refractivity contribution in [3.8, 4) is 16.6 Å². The summed E-state index contributed by atoms with van der Waals surface area (Å²) in [5.74, 6) is -0.198. The molecule has 2 heterocycles. The third-order valence-corrected chi connectivity index (χ3v) is 4.20. The Labute approximate surface area is 138 Å². The normalized spacial score (nSPS) is 10.0. The molecule has 3 rings (SSSR count). The number of pyridine rings is 1. The van der Waals surface area contributed by atoms with Crippen molar-refractivity contribution in [1.82, 2.24) is 10.3 Å². The predicted octanol–water partition coefficient (Wildman–Crippen LogP) is 3.61. The maximum atomic E-state index is 12.2. The number of aromatic nitrogens is 1. The van der Waals surface area contributed by atoms with Gasteiger partial charge in [-0.15, -0.1) is 11.3 Å². The number of thiophene rings is 1. The average molecular weight is 319 g/mol. The standard InChI is InChI=1S/C18H13N3OS/c19-11-13-3-1-4-15(9-13)18(22)21-12-14-6-7-20-16(10-14)17-5-2-8-23-17/h1-10H,12H2,(H,21,22). The number of hydrogen-bond acceptors (Lipinski definition) is 4. The summed E-state index contributed by atoms with van der Waals surface area (Å²) < 4.78 is 0. The van der Waals surface area contributed by atoms with E-state index in [9.17, 15) is 4.79 Å². The Morgan fingerprint density at radius 1 is 1.22 bits per heavy atom. The highest BCUT2D eigenvalue weighted by Gasteiger charge is 2.07. The van der Waals surface area contributed by atoms with Crippen molar-refractivity contribution < 1.29 is 4.79 Å². The van der Waals surface area contributed by atoms with Crippen molar-refractivity contribution in [2.24, 2.45) is 0 Å². The molecule has 0 saturated heterocycles. The summed E-state index contributed by atoms with van der Waals surface area (Å²) in [7, 11) is 0. The molecule has 1 amide bonds. The van der Waals surface area contributed by atoms with Crippen molar-refractivity contribution in [3.63, 3.8) is 0 Å². The Balaban J connectivity index is 1.70. The second kappa shape index (κ2) is 6.86. The molecule has 0 bridgehead atoms. The van der Waals surface area contributed by atoms with Crippen molar-refractivity contribution in [1.29, 1.82) is 5.26 Å². The molecule has 1 aromatic carbocycles. The Morgan fingerprint density at radius 3 is 2.91 bits per heavy atom. The number of nitrogens with zero attached hydrogens (tertiary/aromatic N) is 2. The average Bonchev–Trinajstić information content (AvgIpc) is 3.14.